The van der Waals surface area contributed by atoms with Crippen LogP contribution in [0.1, 0.15) is 0 Å². The van der Waals surface area contributed by atoms with Gasteiger partial charge in [-0.3, -0.25) is 9.59 Å². The van der Waals surface area contributed by atoms with E-state index in [0.717, 1.165) is 16.6 Å². The molecule has 0 fully saturated rings. The smallest absolute Gasteiger partial charge is 0.248 e. The van der Waals surface area contributed by atoms with Gasteiger partial charge in [-0.25, -0.2) is 13.6 Å². The highest BCUT2D eigenvalue weighted by atomic mass is 79.9. The Morgan fingerprint density at radius 1 is 0.774 bits per heavy atom. The van der Waals surface area contributed by atoms with Crippen molar-refractivity contribution in [1.82, 2.24) is 0 Å². The zero-order valence-corrected chi connectivity index (χ0v) is 18.5. The van der Waals surface area contributed by atoms with E-state index in [1.54, 1.807) is 66.7 Å². The van der Waals surface area contributed by atoms with Gasteiger partial charge >= 0.3 is 0 Å². The number of anilines is 2. The van der Waals surface area contributed by atoms with Crippen molar-refractivity contribution in [3.05, 3.63) is 89.4 Å². The van der Waals surface area contributed by atoms with Crippen LogP contribution in [-0.4, -0.2) is 20.2 Å². The molecule has 0 saturated carbocycles. The number of carbonyl (C=O) groups is 2. The van der Waals surface area contributed by atoms with Crippen LogP contribution in [-0.2, 0) is 19.6 Å². The highest BCUT2D eigenvalue weighted by Crippen LogP contribution is 2.27. The van der Waals surface area contributed by atoms with Crippen LogP contribution >= 0.6 is 15.9 Å². The largest absolute Gasteiger partial charge is 0.323 e. The first-order chi connectivity index (χ1) is 14.7. The molecule has 0 aliphatic carbocycles. The maximum absolute atomic E-state index is 12.1. The third kappa shape index (κ3) is 6.35. The first kappa shape index (κ1) is 22.4. The molecule has 0 saturated heterocycles. The van der Waals surface area contributed by atoms with Gasteiger partial charge in [-0.1, -0.05) is 46.3 Å². The monoisotopic (exact) mass is 499 g/mol. The summed E-state index contributed by atoms with van der Waals surface area (Å²) in [6.07, 6.45) is 2.26. The molecule has 3 aromatic rings. The van der Waals surface area contributed by atoms with E-state index < -0.39 is 21.8 Å². The lowest BCUT2D eigenvalue weighted by Crippen LogP contribution is -2.13. The number of nitrogens with two attached hydrogens (primary N) is 1. The van der Waals surface area contributed by atoms with Crippen molar-refractivity contribution in [2.45, 2.75) is 4.90 Å². The number of carbonyl (C=O) groups excluding carboxylic acids is 2. The van der Waals surface area contributed by atoms with E-state index in [-0.39, 0.29) is 4.90 Å². The third-order valence-electron chi connectivity index (χ3n) is 4.15. The minimum absolute atomic E-state index is 0.0199. The zero-order valence-electron chi connectivity index (χ0n) is 16.1. The maximum atomic E-state index is 12.1. The molecule has 7 nitrogen and oxygen atoms in total. The molecule has 158 valence electrons. The average Bonchev–Trinajstić information content (AvgIpc) is 2.74. The Morgan fingerprint density at radius 3 is 1.77 bits per heavy atom. The SMILES string of the molecule is NS(=O)(=O)c1ccccc1-c1ccc(NC(=O)C=CC(=O)Nc2ccc(Br)cc2)cc1. The topological polar surface area (TPSA) is 118 Å². The van der Waals surface area contributed by atoms with Crippen LogP contribution in [0.2, 0.25) is 0 Å². The minimum Gasteiger partial charge on any atom is -0.323 e. The lowest BCUT2D eigenvalue weighted by molar-refractivity contribution is -0.114. The van der Waals surface area contributed by atoms with Gasteiger partial charge in [0.15, 0.2) is 0 Å². The van der Waals surface area contributed by atoms with Crippen molar-refractivity contribution in [1.29, 1.82) is 0 Å². The van der Waals surface area contributed by atoms with E-state index in [2.05, 4.69) is 26.6 Å². The Morgan fingerprint density at radius 2 is 1.26 bits per heavy atom. The highest BCUT2D eigenvalue weighted by Gasteiger charge is 2.14. The van der Waals surface area contributed by atoms with Gasteiger partial charge in [-0.05, 0) is 48.0 Å². The van der Waals surface area contributed by atoms with Crippen LogP contribution < -0.4 is 15.8 Å². The molecule has 0 spiro atoms. The summed E-state index contributed by atoms with van der Waals surface area (Å²) in [7, 11) is -3.87. The number of halogens is 1. The van der Waals surface area contributed by atoms with Gasteiger partial charge < -0.3 is 10.6 Å². The van der Waals surface area contributed by atoms with Gasteiger partial charge in [-0.15, -0.1) is 0 Å². The van der Waals surface area contributed by atoms with E-state index in [9.17, 15) is 18.0 Å². The van der Waals surface area contributed by atoms with Gasteiger partial charge in [0.25, 0.3) is 0 Å². The van der Waals surface area contributed by atoms with Crippen LogP contribution in [0.3, 0.4) is 0 Å². The van der Waals surface area contributed by atoms with Gasteiger partial charge in [-0.2, -0.15) is 0 Å². The van der Waals surface area contributed by atoms with E-state index in [1.807, 2.05) is 0 Å². The molecule has 2 amide bonds. The fraction of sp³-hybridized carbons (Fsp3) is 0. The third-order valence-corrected chi connectivity index (χ3v) is 5.65. The zero-order chi connectivity index (χ0) is 22.4. The summed E-state index contributed by atoms with van der Waals surface area (Å²) in [6, 6.07) is 20.0. The Bertz CT molecular complexity index is 1240. The second-order valence-electron chi connectivity index (χ2n) is 6.44. The number of nitrogens with one attached hydrogen (secondary N) is 2. The predicted octanol–water partition coefficient (Wildman–Crippen LogP) is 3.90. The van der Waals surface area contributed by atoms with E-state index in [4.69, 9.17) is 5.14 Å². The molecule has 9 heteroatoms. The van der Waals surface area contributed by atoms with Crippen LogP contribution in [0.4, 0.5) is 11.4 Å². The molecule has 0 radical (unpaired) electrons. The summed E-state index contributed by atoms with van der Waals surface area (Å²) in [6.45, 7) is 0. The van der Waals surface area contributed by atoms with Gasteiger partial charge in [0.1, 0.15) is 0 Å². The highest BCUT2D eigenvalue weighted by molar-refractivity contribution is 9.10. The predicted molar refractivity (Wildman–Crippen MR) is 124 cm³/mol. The van der Waals surface area contributed by atoms with Crippen LogP contribution in [0, 0.1) is 0 Å². The van der Waals surface area contributed by atoms with Crippen molar-refractivity contribution in [2.75, 3.05) is 10.6 Å². The van der Waals surface area contributed by atoms with Gasteiger partial charge in [0, 0.05) is 33.6 Å². The summed E-state index contributed by atoms with van der Waals surface area (Å²) >= 11 is 3.31. The van der Waals surface area contributed by atoms with Crippen molar-refractivity contribution in [3.8, 4) is 11.1 Å². The van der Waals surface area contributed by atoms with Crippen molar-refractivity contribution < 1.29 is 18.0 Å². The molecule has 0 atom stereocenters. The molecular formula is C22H18BrN3O4S. The van der Waals surface area contributed by atoms with Crippen molar-refractivity contribution in [3.63, 3.8) is 0 Å². The lowest BCUT2D eigenvalue weighted by Gasteiger charge is -2.09. The molecule has 31 heavy (non-hydrogen) atoms. The number of amides is 2. The fourth-order valence-corrected chi connectivity index (χ4v) is 3.76. The molecule has 0 aliphatic rings. The number of hydrogen-bond acceptors (Lipinski definition) is 4. The first-order valence-electron chi connectivity index (χ1n) is 9.00. The van der Waals surface area contributed by atoms with Crippen LogP contribution in [0.25, 0.3) is 11.1 Å². The fourth-order valence-electron chi connectivity index (χ4n) is 2.74. The van der Waals surface area contributed by atoms with E-state index in [0.29, 0.717) is 22.5 Å². The minimum atomic E-state index is -3.87. The Labute approximate surface area is 188 Å². The van der Waals surface area contributed by atoms with E-state index >= 15 is 0 Å². The molecule has 3 aromatic carbocycles. The van der Waals surface area contributed by atoms with Crippen LogP contribution in [0.15, 0.2) is 94.3 Å². The van der Waals surface area contributed by atoms with Gasteiger partial charge in [0.05, 0.1) is 4.90 Å². The molecule has 0 aromatic heterocycles. The molecule has 0 bridgehead atoms. The second-order valence-corrected chi connectivity index (χ2v) is 8.88. The number of rotatable bonds is 6. The summed E-state index contributed by atoms with van der Waals surface area (Å²) in [5.41, 5.74) is 2.19. The summed E-state index contributed by atoms with van der Waals surface area (Å²) in [5.74, 6) is -0.920. The first-order valence-corrected chi connectivity index (χ1v) is 11.3. The second kappa shape index (κ2) is 9.69. The summed E-state index contributed by atoms with van der Waals surface area (Å²) < 4.78 is 24.4. The maximum Gasteiger partial charge on any atom is 0.248 e. The molecule has 4 N–H and O–H groups in total. The normalized spacial score (nSPS) is 11.3. The molecule has 3 rings (SSSR count). The Kier molecular flexibility index (Phi) is 7.01. The molecule has 0 unspecified atom stereocenters. The van der Waals surface area contributed by atoms with Crippen molar-refractivity contribution in [2.24, 2.45) is 5.14 Å². The molecular weight excluding hydrogens is 482 g/mol. The lowest BCUT2D eigenvalue weighted by atomic mass is 10.1. The number of sulfonamides is 1. The Balaban J connectivity index is 1.63. The molecule has 0 heterocycles. The number of primary sulfonamides is 1. The summed E-state index contributed by atoms with van der Waals surface area (Å²) in [5, 5.41) is 10.6. The van der Waals surface area contributed by atoms with Gasteiger partial charge in [0.2, 0.25) is 21.8 Å². The van der Waals surface area contributed by atoms with Crippen molar-refractivity contribution >= 4 is 49.1 Å². The van der Waals surface area contributed by atoms with Crippen LogP contribution in [0.5, 0.6) is 0 Å². The quantitative estimate of drug-likeness (QED) is 0.445. The average molecular weight is 500 g/mol. The molecule has 0 aliphatic heterocycles. The van der Waals surface area contributed by atoms with E-state index in [1.165, 1.54) is 6.07 Å². The number of hydrogen-bond donors (Lipinski definition) is 3. The Hall–Kier alpha value is -3.27. The standard InChI is InChI=1S/C22H18BrN3O4S/c23-16-7-11-18(12-8-16)26-22(28)14-13-21(27)25-17-9-5-15(6-10-17)19-3-1-2-4-20(19)31(24,29)30/h1-14H,(H,25,27)(H,26,28)(H2,24,29,30). The summed E-state index contributed by atoms with van der Waals surface area (Å²) in [4.78, 5) is 24.0. The number of benzene rings is 3.